The van der Waals surface area contributed by atoms with Gasteiger partial charge in [-0.15, -0.1) is 0 Å². The van der Waals surface area contributed by atoms with Crippen LogP contribution < -0.4 is 14.8 Å². The molecule has 0 aromatic heterocycles. The highest BCUT2D eigenvalue weighted by atomic mass is 32.2. The minimum atomic E-state index is -0.509. The molecule has 1 fully saturated rings. The maximum absolute atomic E-state index is 13.0. The lowest BCUT2D eigenvalue weighted by atomic mass is 10.1. The minimum absolute atomic E-state index is 0.238. The summed E-state index contributed by atoms with van der Waals surface area (Å²) in [5.74, 6) is 0.169. The van der Waals surface area contributed by atoms with Gasteiger partial charge in [-0.3, -0.25) is 19.3 Å². The predicted octanol–water partition coefficient (Wildman–Crippen LogP) is 7.11. The average molecular weight is 567 g/mol. The van der Waals surface area contributed by atoms with E-state index in [2.05, 4.69) is 29.6 Å². The number of anilines is 1. The molecule has 0 bridgehead atoms. The Morgan fingerprint density at radius 3 is 2.51 bits per heavy atom. The van der Waals surface area contributed by atoms with E-state index in [0.29, 0.717) is 36.0 Å². The highest BCUT2D eigenvalue weighted by molar-refractivity contribution is 8.18. The molecule has 1 aliphatic heterocycles. The summed E-state index contributed by atoms with van der Waals surface area (Å²) in [5, 5.41) is 4.62. The molecule has 0 atom stereocenters. The van der Waals surface area contributed by atoms with Gasteiger partial charge in [-0.05, 0) is 95.9 Å². The van der Waals surface area contributed by atoms with E-state index in [0.717, 1.165) is 38.7 Å². The van der Waals surface area contributed by atoms with Gasteiger partial charge in [-0.2, -0.15) is 0 Å². The van der Waals surface area contributed by atoms with Crippen molar-refractivity contribution in [1.82, 2.24) is 4.90 Å². The van der Waals surface area contributed by atoms with Crippen LogP contribution in [0.25, 0.3) is 16.8 Å². The number of aryl methyl sites for hydroxylation is 2. The number of nitrogens with zero attached hydrogens (tertiary/aromatic N) is 1. The highest BCUT2D eigenvalue weighted by Crippen LogP contribution is 2.35. The van der Waals surface area contributed by atoms with Crippen molar-refractivity contribution in [2.24, 2.45) is 0 Å². The van der Waals surface area contributed by atoms with Gasteiger partial charge in [-0.25, -0.2) is 0 Å². The maximum Gasteiger partial charge on any atom is 0.294 e. The zero-order chi connectivity index (χ0) is 28.9. The van der Waals surface area contributed by atoms with Crippen LogP contribution in [0.2, 0.25) is 0 Å². The van der Waals surface area contributed by atoms with Gasteiger partial charge in [0.1, 0.15) is 13.2 Å². The summed E-state index contributed by atoms with van der Waals surface area (Å²) in [6.45, 7) is 6.13. The monoisotopic (exact) mass is 566 g/mol. The van der Waals surface area contributed by atoms with Crippen LogP contribution in [0.3, 0.4) is 0 Å². The van der Waals surface area contributed by atoms with E-state index in [-0.39, 0.29) is 11.4 Å². The molecule has 5 rings (SSSR count). The Balaban J connectivity index is 1.27. The van der Waals surface area contributed by atoms with E-state index in [1.807, 2.05) is 57.2 Å². The summed E-state index contributed by atoms with van der Waals surface area (Å²) in [4.78, 5) is 39.5. The number of nitrogens with one attached hydrogen (secondary N) is 1. The van der Waals surface area contributed by atoms with Gasteiger partial charge in [0.15, 0.2) is 11.5 Å². The van der Waals surface area contributed by atoms with Crippen molar-refractivity contribution >= 4 is 51.4 Å². The Kier molecular flexibility index (Phi) is 8.40. The molecule has 0 spiro atoms. The Morgan fingerprint density at radius 2 is 1.71 bits per heavy atom. The first kappa shape index (κ1) is 28.0. The number of ether oxygens (including phenoxy) is 2. The van der Waals surface area contributed by atoms with Crippen LogP contribution in [0.5, 0.6) is 11.5 Å². The van der Waals surface area contributed by atoms with Gasteiger partial charge < -0.3 is 14.8 Å². The van der Waals surface area contributed by atoms with Crippen LogP contribution in [-0.4, -0.2) is 35.1 Å². The number of carbonyl (C=O) groups excluding carboxylic acids is 3. The fraction of sp³-hybridized carbons (Fsp3) is 0.182. The minimum Gasteiger partial charge on any atom is -0.490 e. The first-order chi connectivity index (χ1) is 19.8. The Labute approximate surface area is 243 Å². The SMILES string of the molecule is CCOc1cc(/C=C2/SC(=O)N(CC(=O)Nc3cc(C)ccc3C)C2=O)ccc1OCc1ccc2ccccc2c1. The van der Waals surface area contributed by atoms with Gasteiger partial charge in [-0.1, -0.05) is 54.6 Å². The zero-order valence-corrected chi connectivity index (χ0v) is 23.9. The zero-order valence-electron chi connectivity index (χ0n) is 23.1. The lowest BCUT2D eigenvalue weighted by molar-refractivity contribution is -0.127. The largest absolute Gasteiger partial charge is 0.490 e. The second kappa shape index (κ2) is 12.3. The molecule has 3 amide bonds. The number of carbonyl (C=O) groups is 3. The van der Waals surface area contributed by atoms with E-state index < -0.39 is 17.1 Å². The molecular formula is C33H30N2O5S. The van der Waals surface area contributed by atoms with Crippen molar-refractivity contribution in [1.29, 1.82) is 0 Å². The first-order valence-electron chi connectivity index (χ1n) is 13.3. The first-order valence-corrected chi connectivity index (χ1v) is 14.1. The lowest BCUT2D eigenvalue weighted by Crippen LogP contribution is -2.36. The molecule has 1 saturated heterocycles. The molecule has 4 aromatic rings. The van der Waals surface area contributed by atoms with Crippen LogP contribution in [0.4, 0.5) is 10.5 Å². The van der Waals surface area contributed by atoms with E-state index in [1.54, 1.807) is 24.3 Å². The average Bonchev–Trinajstić information content (AvgIpc) is 3.21. The van der Waals surface area contributed by atoms with E-state index in [9.17, 15) is 14.4 Å². The number of amides is 3. The van der Waals surface area contributed by atoms with Crippen molar-refractivity contribution in [3.8, 4) is 11.5 Å². The molecule has 8 heteroatoms. The quantitative estimate of drug-likeness (QED) is 0.217. The third-order valence-corrected chi connectivity index (χ3v) is 7.52. The molecule has 1 aliphatic rings. The molecule has 1 N–H and O–H groups in total. The normalized spacial score (nSPS) is 14.1. The number of hydrogen-bond acceptors (Lipinski definition) is 6. The molecule has 0 radical (unpaired) electrons. The smallest absolute Gasteiger partial charge is 0.294 e. The van der Waals surface area contributed by atoms with Gasteiger partial charge >= 0.3 is 0 Å². The van der Waals surface area contributed by atoms with Gasteiger partial charge in [0.25, 0.3) is 11.1 Å². The maximum atomic E-state index is 13.0. The van der Waals surface area contributed by atoms with Gasteiger partial charge in [0.2, 0.25) is 5.91 Å². The summed E-state index contributed by atoms with van der Waals surface area (Å²) in [7, 11) is 0. The molecule has 7 nitrogen and oxygen atoms in total. The number of hydrogen-bond donors (Lipinski definition) is 1. The summed E-state index contributed by atoms with van der Waals surface area (Å²) in [5.41, 5.74) is 4.26. The van der Waals surface area contributed by atoms with Gasteiger partial charge in [0.05, 0.1) is 11.5 Å². The summed E-state index contributed by atoms with van der Waals surface area (Å²) in [6, 6.07) is 25.5. The van der Waals surface area contributed by atoms with Crippen molar-refractivity contribution in [2.45, 2.75) is 27.4 Å². The molecule has 0 saturated carbocycles. The molecule has 4 aromatic carbocycles. The number of benzene rings is 4. The highest BCUT2D eigenvalue weighted by Gasteiger charge is 2.36. The van der Waals surface area contributed by atoms with Crippen LogP contribution in [0, 0.1) is 13.8 Å². The van der Waals surface area contributed by atoms with Gasteiger partial charge in [0, 0.05) is 5.69 Å². The topological polar surface area (TPSA) is 84.9 Å². The third kappa shape index (κ3) is 6.61. The number of thioether (sulfide) groups is 1. The number of rotatable bonds is 9. The third-order valence-electron chi connectivity index (χ3n) is 6.62. The van der Waals surface area contributed by atoms with Crippen LogP contribution in [-0.2, 0) is 16.2 Å². The Hall–Kier alpha value is -4.56. The van der Waals surface area contributed by atoms with Crippen molar-refractivity contribution in [2.75, 3.05) is 18.5 Å². The molecule has 41 heavy (non-hydrogen) atoms. The summed E-state index contributed by atoms with van der Waals surface area (Å²) in [6.07, 6.45) is 1.63. The van der Waals surface area contributed by atoms with Crippen molar-refractivity contribution in [3.63, 3.8) is 0 Å². The van der Waals surface area contributed by atoms with Crippen molar-refractivity contribution in [3.05, 3.63) is 106 Å². The number of imide groups is 1. The van der Waals surface area contributed by atoms with Crippen LogP contribution >= 0.6 is 11.8 Å². The fourth-order valence-corrected chi connectivity index (χ4v) is 5.32. The van der Waals surface area contributed by atoms with Crippen LogP contribution in [0.15, 0.2) is 83.8 Å². The molecular weight excluding hydrogens is 536 g/mol. The van der Waals surface area contributed by atoms with E-state index in [1.165, 1.54) is 5.39 Å². The Morgan fingerprint density at radius 1 is 0.902 bits per heavy atom. The van der Waals surface area contributed by atoms with E-state index >= 15 is 0 Å². The molecule has 0 unspecified atom stereocenters. The molecule has 208 valence electrons. The lowest BCUT2D eigenvalue weighted by Gasteiger charge is -2.14. The molecule has 1 heterocycles. The predicted molar refractivity (Wildman–Crippen MR) is 163 cm³/mol. The fourth-order valence-electron chi connectivity index (χ4n) is 4.48. The molecule has 0 aliphatic carbocycles. The van der Waals surface area contributed by atoms with E-state index in [4.69, 9.17) is 9.47 Å². The summed E-state index contributed by atoms with van der Waals surface area (Å²) < 4.78 is 11.9. The standard InChI is InChI=1S/C33H30N2O5S/c1-4-39-29-17-23(12-14-28(29)40-20-24-11-13-25-7-5-6-8-26(25)16-24)18-30-32(37)35(33(38)41-30)19-31(36)34-27-15-21(2)9-10-22(27)3/h5-18H,4,19-20H2,1-3H3,(H,34,36)/b30-18+. The Bertz CT molecular complexity index is 1680. The second-order valence-electron chi connectivity index (χ2n) is 9.74. The number of fused-ring (bicyclic) bond motifs is 1. The van der Waals surface area contributed by atoms with Crippen LogP contribution in [0.1, 0.15) is 29.2 Å². The van der Waals surface area contributed by atoms with Crippen molar-refractivity contribution < 1.29 is 23.9 Å². The summed E-state index contributed by atoms with van der Waals surface area (Å²) >= 11 is 0.809. The second-order valence-corrected chi connectivity index (χ2v) is 10.7.